The number of halogens is 1. The smallest absolute Gasteiger partial charge is 0.293 e. The zero-order valence-electron chi connectivity index (χ0n) is 13.8. The van der Waals surface area contributed by atoms with Gasteiger partial charge in [0.15, 0.2) is 5.11 Å². The molecule has 138 valence electrons. The quantitative estimate of drug-likeness (QED) is 0.668. The van der Waals surface area contributed by atoms with E-state index >= 15 is 0 Å². The molecule has 3 rings (SSSR count). The number of carbonyl (C=O) groups is 3. The maximum atomic E-state index is 12.5. The summed E-state index contributed by atoms with van der Waals surface area (Å²) in [4.78, 5) is 38.0. The minimum absolute atomic E-state index is 0.129. The van der Waals surface area contributed by atoms with E-state index < -0.39 is 17.1 Å². The molecule has 1 saturated heterocycles. The van der Waals surface area contributed by atoms with Crippen LogP contribution < -0.4 is 15.5 Å². The van der Waals surface area contributed by atoms with Crippen molar-refractivity contribution in [3.63, 3.8) is 0 Å². The number of nitrogens with zero attached hydrogens (tertiary/aromatic N) is 1. The van der Waals surface area contributed by atoms with Gasteiger partial charge in [0.05, 0.1) is 5.69 Å². The van der Waals surface area contributed by atoms with Crippen molar-refractivity contribution in [1.29, 1.82) is 0 Å². The van der Waals surface area contributed by atoms with Crippen molar-refractivity contribution in [1.82, 2.24) is 5.32 Å². The highest BCUT2D eigenvalue weighted by Gasteiger charge is 2.41. The van der Waals surface area contributed by atoms with Crippen LogP contribution in [0.25, 0.3) is 0 Å². The second-order valence-corrected chi connectivity index (χ2v) is 8.07. The van der Waals surface area contributed by atoms with Gasteiger partial charge < -0.3 is 10.6 Å². The number of para-hydroxylation sites is 1. The molecule has 0 aliphatic carbocycles. The normalized spacial score (nSPS) is 16.3. The van der Waals surface area contributed by atoms with Crippen LogP contribution >= 0.6 is 39.9 Å². The van der Waals surface area contributed by atoms with Crippen LogP contribution in [0.5, 0.6) is 0 Å². The maximum absolute atomic E-state index is 12.5. The lowest BCUT2D eigenvalue weighted by molar-refractivity contribution is -0.123. The van der Waals surface area contributed by atoms with Gasteiger partial charge in [-0.25, -0.2) is 4.90 Å². The van der Waals surface area contributed by atoms with Gasteiger partial charge in [-0.05, 0) is 60.4 Å². The number of imide groups is 1. The van der Waals surface area contributed by atoms with Gasteiger partial charge in [-0.1, -0.05) is 34.1 Å². The highest BCUT2D eigenvalue weighted by atomic mass is 79.9. The van der Waals surface area contributed by atoms with E-state index in [4.69, 9.17) is 12.2 Å². The number of amides is 3. The predicted octanol–water partition coefficient (Wildman–Crippen LogP) is 3.92. The summed E-state index contributed by atoms with van der Waals surface area (Å²) < 4.78 is 0.924. The third-order valence-electron chi connectivity index (χ3n) is 3.66. The van der Waals surface area contributed by atoms with Gasteiger partial charge >= 0.3 is 0 Å². The van der Waals surface area contributed by atoms with Gasteiger partial charge in [-0.15, -0.1) is 0 Å². The molecule has 3 amide bonds. The fraction of sp³-hybridized carbons (Fsp3) is 0.111. The van der Waals surface area contributed by atoms with E-state index in [0.717, 1.165) is 26.8 Å². The Morgan fingerprint density at radius 1 is 1.11 bits per heavy atom. The topological polar surface area (TPSA) is 78.5 Å². The van der Waals surface area contributed by atoms with Crippen molar-refractivity contribution in [2.24, 2.45) is 0 Å². The highest BCUT2D eigenvalue weighted by Crippen LogP contribution is 2.33. The van der Waals surface area contributed by atoms with E-state index in [9.17, 15) is 14.4 Å². The Hall–Kier alpha value is -2.23. The van der Waals surface area contributed by atoms with Crippen LogP contribution in [-0.4, -0.2) is 27.4 Å². The van der Waals surface area contributed by atoms with Crippen LogP contribution in [-0.2, 0) is 9.59 Å². The van der Waals surface area contributed by atoms with E-state index in [-0.39, 0.29) is 16.8 Å². The molecule has 0 bridgehead atoms. The standard InChI is InChI=1S/C18H14BrN3O3S2/c19-11-6-8-12(9-7-11)20-17(26)21-15(23)10-14-16(24)22(18(25)27-14)13-4-2-1-3-5-13/h1-9,14H,10H2,(H2,20,21,23,26)/t14-/m0/s1. The van der Waals surface area contributed by atoms with Gasteiger partial charge in [0.25, 0.3) is 5.24 Å². The van der Waals surface area contributed by atoms with E-state index in [1.165, 1.54) is 0 Å². The lowest BCUT2D eigenvalue weighted by Crippen LogP contribution is -2.38. The fourth-order valence-corrected chi connectivity index (χ4v) is 3.92. The molecule has 9 heteroatoms. The number of thiocarbonyl (C=S) groups is 1. The first-order chi connectivity index (χ1) is 12.9. The zero-order chi connectivity index (χ0) is 19.4. The molecule has 2 N–H and O–H groups in total. The van der Waals surface area contributed by atoms with Crippen molar-refractivity contribution < 1.29 is 14.4 Å². The zero-order valence-corrected chi connectivity index (χ0v) is 17.1. The monoisotopic (exact) mass is 463 g/mol. The molecule has 1 atom stereocenters. The van der Waals surface area contributed by atoms with Gasteiger partial charge in [0.1, 0.15) is 5.25 Å². The first-order valence-corrected chi connectivity index (χ1v) is 9.98. The van der Waals surface area contributed by atoms with Crippen molar-refractivity contribution in [2.45, 2.75) is 11.7 Å². The molecular formula is C18H14BrN3O3S2. The molecule has 1 aliphatic rings. The van der Waals surface area contributed by atoms with Gasteiger partial charge in [0.2, 0.25) is 11.8 Å². The van der Waals surface area contributed by atoms with E-state index in [1.54, 1.807) is 42.5 Å². The minimum atomic E-state index is -0.770. The number of thioether (sulfide) groups is 1. The summed E-state index contributed by atoms with van der Waals surface area (Å²) in [6.07, 6.45) is -0.138. The molecule has 0 radical (unpaired) electrons. The number of hydrogen-bond acceptors (Lipinski definition) is 5. The summed E-state index contributed by atoms with van der Waals surface area (Å²) in [5.41, 5.74) is 1.22. The Kier molecular flexibility index (Phi) is 6.25. The summed E-state index contributed by atoms with van der Waals surface area (Å²) >= 11 is 9.30. The summed E-state index contributed by atoms with van der Waals surface area (Å²) in [6.45, 7) is 0. The Morgan fingerprint density at radius 2 is 1.78 bits per heavy atom. The Bertz CT molecular complexity index is 890. The van der Waals surface area contributed by atoms with Crippen LogP contribution in [0.1, 0.15) is 6.42 Å². The van der Waals surface area contributed by atoms with Crippen LogP contribution in [0.4, 0.5) is 16.2 Å². The third-order valence-corrected chi connectivity index (χ3v) is 5.43. The summed E-state index contributed by atoms with van der Waals surface area (Å²) in [5.74, 6) is -0.837. The predicted molar refractivity (Wildman–Crippen MR) is 114 cm³/mol. The Balaban J connectivity index is 1.56. The van der Waals surface area contributed by atoms with E-state index in [0.29, 0.717) is 5.69 Å². The fourth-order valence-electron chi connectivity index (χ4n) is 2.44. The second-order valence-electron chi connectivity index (χ2n) is 5.59. The molecular weight excluding hydrogens is 450 g/mol. The summed E-state index contributed by atoms with van der Waals surface area (Å²) in [7, 11) is 0. The number of benzene rings is 2. The van der Waals surface area contributed by atoms with E-state index in [2.05, 4.69) is 26.6 Å². The lowest BCUT2D eigenvalue weighted by atomic mass is 10.2. The van der Waals surface area contributed by atoms with Crippen molar-refractivity contribution in [3.05, 3.63) is 59.1 Å². The first-order valence-electron chi connectivity index (χ1n) is 7.90. The molecule has 2 aromatic carbocycles. The molecule has 6 nitrogen and oxygen atoms in total. The average Bonchev–Trinajstić information content (AvgIpc) is 2.91. The highest BCUT2D eigenvalue weighted by molar-refractivity contribution is 9.10. The molecule has 0 spiro atoms. The molecule has 1 fully saturated rings. The van der Waals surface area contributed by atoms with Crippen LogP contribution in [0.2, 0.25) is 0 Å². The molecule has 27 heavy (non-hydrogen) atoms. The number of rotatable bonds is 4. The Labute approximate surface area is 173 Å². The lowest BCUT2D eigenvalue weighted by Gasteiger charge is -2.14. The summed E-state index contributed by atoms with van der Waals surface area (Å²) in [5, 5.41) is 4.39. The average molecular weight is 464 g/mol. The third kappa shape index (κ3) is 4.94. The van der Waals surface area contributed by atoms with Crippen molar-refractivity contribution in [3.8, 4) is 0 Å². The van der Waals surface area contributed by atoms with Crippen LogP contribution in [0, 0.1) is 0 Å². The van der Waals surface area contributed by atoms with Gasteiger partial charge in [-0.3, -0.25) is 14.4 Å². The number of anilines is 2. The SMILES string of the molecule is O=C(C[C@@H]1SC(=O)N(c2ccccc2)C1=O)NC(=S)Nc1ccc(Br)cc1. The van der Waals surface area contributed by atoms with Crippen molar-refractivity contribution >= 4 is 73.5 Å². The Morgan fingerprint density at radius 3 is 2.44 bits per heavy atom. The molecule has 1 aliphatic heterocycles. The maximum Gasteiger partial charge on any atom is 0.293 e. The first kappa shape index (κ1) is 19.5. The van der Waals surface area contributed by atoms with Crippen LogP contribution in [0.15, 0.2) is 59.1 Å². The molecule has 0 unspecified atom stereocenters. The van der Waals surface area contributed by atoms with Gasteiger partial charge in [-0.2, -0.15) is 0 Å². The number of nitrogens with one attached hydrogen (secondary N) is 2. The van der Waals surface area contributed by atoms with Gasteiger partial charge in [0, 0.05) is 16.6 Å². The van der Waals surface area contributed by atoms with E-state index in [1.807, 2.05) is 12.1 Å². The molecule has 1 heterocycles. The summed E-state index contributed by atoms with van der Waals surface area (Å²) in [6, 6.07) is 15.9. The minimum Gasteiger partial charge on any atom is -0.332 e. The molecule has 2 aromatic rings. The number of hydrogen-bond donors (Lipinski definition) is 2. The second kappa shape index (κ2) is 8.64. The number of carbonyl (C=O) groups excluding carboxylic acids is 3. The van der Waals surface area contributed by atoms with Crippen molar-refractivity contribution in [2.75, 3.05) is 10.2 Å². The molecule has 0 saturated carbocycles. The molecule has 0 aromatic heterocycles. The largest absolute Gasteiger partial charge is 0.332 e. The van der Waals surface area contributed by atoms with Crippen LogP contribution in [0.3, 0.4) is 0 Å².